The van der Waals surface area contributed by atoms with E-state index in [9.17, 15) is 19.5 Å². The number of esters is 1. The number of carbonyl (C=O) groups excluding carboxylic acids is 2. The van der Waals surface area contributed by atoms with Crippen molar-refractivity contribution in [2.45, 2.75) is 0 Å². The summed E-state index contributed by atoms with van der Waals surface area (Å²) in [7, 11) is 1.27. The van der Waals surface area contributed by atoms with Gasteiger partial charge in [0.2, 0.25) is 0 Å². The van der Waals surface area contributed by atoms with E-state index in [0.717, 1.165) is 0 Å². The van der Waals surface area contributed by atoms with Crippen LogP contribution in [0.4, 0.5) is 17.1 Å². The van der Waals surface area contributed by atoms with E-state index in [-0.39, 0.29) is 33.9 Å². The average Bonchev–Trinajstić information content (AvgIpc) is 3.26. The molecular formula is C26H19N5O5. The number of nitrogens with zero attached hydrogens (tertiary/aromatic N) is 2. The van der Waals surface area contributed by atoms with Crippen LogP contribution >= 0.6 is 0 Å². The molecule has 178 valence electrons. The minimum absolute atomic E-state index is 0.0217. The Bertz CT molecular complexity index is 1730. The van der Waals surface area contributed by atoms with Gasteiger partial charge in [-0.15, -0.1) is 10.2 Å². The first kappa shape index (κ1) is 22.5. The minimum Gasteiger partial charge on any atom is -0.505 e. The highest BCUT2D eigenvalue weighted by Crippen LogP contribution is 2.40. The number of rotatable bonds is 5. The van der Waals surface area contributed by atoms with Crippen LogP contribution in [0.3, 0.4) is 0 Å². The number of imidazole rings is 1. The molecule has 0 radical (unpaired) electrons. The van der Waals surface area contributed by atoms with Gasteiger partial charge in [-0.05, 0) is 41.8 Å². The normalized spacial score (nSPS) is 11.2. The maximum atomic E-state index is 13.1. The van der Waals surface area contributed by atoms with Crippen LogP contribution in [-0.2, 0) is 4.74 Å². The van der Waals surface area contributed by atoms with Gasteiger partial charge in [0.25, 0.3) is 5.91 Å². The number of azo groups is 1. The SMILES string of the molecule is COC(=O)c1ccccc1/N=N/c1c(O)c(C(=O)Nc2ccc3[nH]c(=O)[nH]c3c2)cc2ccccc12. The third kappa shape index (κ3) is 4.18. The molecule has 0 unspecified atom stereocenters. The number of ether oxygens (including phenoxy) is 1. The van der Waals surface area contributed by atoms with Crippen molar-refractivity contribution in [1.29, 1.82) is 0 Å². The molecular weight excluding hydrogens is 462 g/mol. The molecule has 0 aliphatic rings. The predicted octanol–water partition coefficient (Wildman–Crippen LogP) is 5.17. The molecule has 5 rings (SSSR count). The summed E-state index contributed by atoms with van der Waals surface area (Å²) in [5.41, 5.74) is 1.70. The monoisotopic (exact) mass is 481 g/mol. The smallest absolute Gasteiger partial charge is 0.340 e. The van der Waals surface area contributed by atoms with Crippen molar-refractivity contribution < 1.29 is 19.4 Å². The first-order valence-corrected chi connectivity index (χ1v) is 10.8. The predicted molar refractivity (Wildman–Crippen MR) is 134 cm³/mol. The molecule has 1 heterocycles. The van der Waals surface area contributed by atoms with Crippen molar-refractivity contribution in [3.8, 4) is 5.75 Å². The zero-order chi connectivity index (χ0) is 25.2. The van der Waals surface area contributed by atoms with Crippen LogP contribution in [0, 0.1) is 0 Å². The average molecular weight is 481 g/mol. The van der Waals surface area contributed by atoms with Gasteiger partial charge in [-0.1, -0.05) is 36.4 Å². The Balaban J connectivity index is 1.56. The highest BCUT2D eigenvalue weighted by molar-refractivity contribution is 6.12. The summed E-state index contributed by atoms with van der Waals surface area (Å²) in [4.78, 5) is 42.0. The number of amides is 1. The number of carbonyl (C=O) groups is 2. The lowest BCUT2D eigenvalue weighted by molar-refractivity contribution is 0.0601. The maximum absolute atomic E-state index is 13.1. The highest BCUT2D eigenvalue weighted by Gasteiger charge is 2.19. The second kappa shape index (κ2) is 9.18. The number of phenols is 1. The molecule has 1 aromatic heterocycles. The first-order valence-electron chi connectivity index (χ1n) is 10.8. The number of nitrogens with one attached hydrogen (secondary N) is 3. The van der Waals surface area contributed by atoms with Crippen LogP contribution in [0.15, 0.2) is 87.8 Å². The van der Waals surface area contributed by atoms with E-state index >= 15 is 0 Å². The van der Waals surface area contributed by atoms with Gasteiger partial charge in [-0.3, -0.25) is 4.79 Å². The Morgan fingerprint density at radius 2 is 1.64 bits per heavy atom. The van der Waals surface area contributed by atoms with Crippen LogP contribution in [0.5, 0.6) is 5.75 Å². The number of fused-ring (bicyclic) bond motifs is 2. The zero-order valence-corrected chi connectivity index (χ0v) is 18.9. The lowest BCUT2D eigenvalue weighted by atomic mass is 10.0. The Labute approximate surface area is 203 Å². The van der Waals surface area contributed by atoms with Crippen molar-refractivity contribution in [3.05, 3.63) is 94.4 Å². The number of phenolic OH excluding ortho intramolecular Hbond substituents is 1. The van der Waals surface area contributed by atoms with E-state index < -0.39 is 11.9 Å². The number of methoxy groups -OCH3 is 1. The van der Waals surface area contributed by atoms with Gasteiger partial charge in [0.1, 0.15) is 11.4 Å². The van der Waals surface area contributed by atoms with E-state index in [1.165, 1.54) is 7.11 Å². The third-order valence-corrected chi connectivity index (χ3v) is 5.58. The molecule has 36 heavy (non-hydrogen) atoms. The Morgan fingerprint density at radius 1 is 0.889 bits per heavy atom. The molecule has 0 aliphatic heterocycles. The summed E-state index contributed by atoms with van der Waals surface area (Å²) in [6, 6.07) is 20.0. The number of H-pyrrole nitrogens is 2. The number of hydrogen-bond donors (Lipinski definition) is 4. The number of anilines is 1. The van der Waals surface area contributed by atoms with E-state index in [0.29, 0.717) is 27.5 Å². The van der Waals surface area contributed by atoms with Crippen molar-refractivity contribution in [1.82, 2.24) is 9.97 Å². The largest absolute Gasteiger partial charge is 0.505 e. The molecule has 1 amide bonds. The van der Waals surface area contributed by atoms with Crippen molar-refractivity contribution in [3.63, 3.8) is 0 Å². The van der Waals surface area contributed by atoms with Gasteiger partial charge in [-0.2, -0.15) is 0 Å². The van der Waals surface area contributed by atoms with Crippen molar-refractivity contribution in [2.24, 2.45) is 10.2 Å². The molecule has 0 saturated carbocycles. The van der Waals surface area contributed by atoms with Crippen LogP contribution in [-0.4, -0.2) is 34.1 Å². The summed E-state index contributed by atoms with van der Waals surface area (Å²) in [5.74, 6) is -1.53. The molecule has 0 spiro atoms. The van der Waals surface area contributed by atoms with E-state index in [2.05, 4.69) is 25.5 Å². The van der Waals surface area contributed by atoms with Gasteiger partial charge in [0.15, 0.2) is 5.75 Å². The van der Waals surface area contributed by atoms with Gasteiger partial charge >= 0.3 is 11.7 Å². The second-order valence-electron chi connectivity index (χ2n) is 7.84. The fraction of sp³-hybridized carbons (Fsp3) is 0.0385. The summed E-state index contributed by atoms with van der Waals surface area (Å²) in [6.07, 6.45) is 0. The van der Waals surface area contributed by atoms with Crippen LogP contribution < -0.4 is 11.0 Å². The first-order chi connectivity index (χ1) is 17.4. The fourth-order valence-corrected chi connectivity index (χ4v) is 3.85. The quantitative estimate of drug-likeness (QED) is 0.202. The Morgan fingerprint density at radius 3 is 2.47 bits per heavy atom. The minimum atomic E-state index is -0.582. The number of aromatic nitrogens is 2. The van der Waals surface area contributed by atoms with Crippen molar-refractivity contribution >= 4 is 50.7 Å². The van der Waals surface area contributed by atoms with Gasteiger partial charge in [-0.25, -0.2) is 9.59 Å². The summed E-state index contributed by atoms with van der Waals surface area (Å²) >= 11 is 0. The van der Waals surface area contributed by atoms with Crippen molar-refractivity contribution in [2.75, 3.05) is 12.4 Å². The van der Waals surface area contributed by atoms with Gasteiger partial charge in [0.05, 0.1) is 29.3 Å². The Kier molecular flexibility index (Phi) is 5.75. The number of hydrogen-bond acceptors (Lipinski definition) is 7. The lowest BCUT2D eigenvalue weighted by Gasteiger charge is -2.11. The van der Waals surface area contributed by atoms with Crippen LogP contribution in [0.25, 0.3) is 21.8 Å². The maximum Gasteiger partial charge on any atom is 0.340 e. The van der Waals surface area contributed by atoms with Gasteiger partial charge in [0, 0.05) is 11.1 Å². The van der Waals surface area contributed by atoms with Crippen LogP contribution in [0.2, 0.25) is 0 Å². The molecule has 10 nitrogen and oxygen atoms in total. The fourth-order valence-electron chi connectivity index (χ4n) is 3.85. The van der Waals surface area contributed by atoms with E-state index in [1.807, 2.05) is 0 Å². The lowest BCUT2D eigenvalue weighted by Crippen LogP contribution is -2.12. The molecule has 0 saturated heterocycles. The summed E-state index contributed by atoms with van der Waals surface area (Å²) in [5, 5.41) is 23.4. The molecule has 0 aliphatic carbocycles. The molecule has 10 heteroatoms. The highest BCUT2D eigenvalue weighted by atomic mass is 16.5. The molecule has 4 N–H and O–H groups in total. The summed E-state index contributed by atoms with van der Waals surface area (Å²) in [6.45, 7) is 0. The molecule has 0 fully saturated rings. The molecule has 0 atom stereocenters. The molecule has 4 aromatic carbocycles. The van der Waals surface area contributed by atoms with Gasteiger partial charge < -0.3 is 25.1 Å². The topological polar surface area (TPSA) is 149 Å². The zero-order valence-electron chi connectivity index (χ0n) is 18.9. The molecule has 5 aromatic rings. The summed E-state index contributed by atoms with van der Waals surface area (Å²) < 4.78 is 4.79. The molecule has 0 bridgehead atoms. The second-order valence-corrected chi connectivity index (χ2v) is 7.84. The van der Waals surface area contributed by atoms with E-state index in [4.69, 9.17) is 4.74 Å². The number of aromatic amines is 2. The number of aromatic hydroxyl groups is 1. The third-order valence-electron chi connectivity index (χ3n) is 5.58. The van der Waals surface area contributed by atoms with Crippen LogP contribution in [0.1, 0.15) is 20.7 Å². The number of benzene rings is 4. The Hall–Kier alpha value is -5.25. The standard InChI is InChI=1S/C26H19N5O5/c1-36-25(34)17-8-4-5-9-19(17)30-31-22-16-7-3-2-6-14(16)12-18(23(22)32)24(33)27-15-10-11-20-21(13-15)29-26(35)28-20/h2-13,32H,1H3,(H,27,33)(H2,28,29,35)/b31-30+. The van der Waals surface area contributed by atoms with E-state index in [1.54, 1.807) is 72.8 Å².